The summed E-state index contributed by atoms with van der Waals surface area (Å²) < 4.78 is 10.9. The van der Waals surface area contributed by atoms with Crippen molar-refractivity contribution in [1.29, 1.82) is 0 Å². The van der Waals surface area contributed by atoms with E-state index in [4.69, 9.17) is 9.26 Å². The lowest BCUT2D eigenvalue weighted by Crippen LogP contribution is -2.40. The molecule has 1 aliphatic rings. The maximum absolute atomic E-state index is 12.3. The number of carbonyl (C=O) groups excluding carboxylic acids is 1. The molecule has 0 saturated carbocycles. The molecule has 2 heterocycles. The van der Waals surface area contributed by atoms with Crippen LogP contribution in [0.4, 0.5) is 4.79 Å². The van der Waals surface area contributed by atoms with Gasteiger partial charge in [-0.1, -0.05) is 35.5 Å². The fourth-order valence-corrected chi connectivity index (χ4v) is 2.85. The van der Waals surface area contributed by atoms with Gasteiger partial charge in [0.15, 0.2) is 0 Å². The van der Waals surface area contributed by atoms with E-state index in [-0.39, 0.29) is 12.1 Å². The van der Waals surface area contributed by atoms with Gasteiger partial charge in [0, 0.05) is 24.6 Å². The van der Waals surface area contributed by atoms with E-state index in [1.165, 1.54) is 0 Å². The van der Waals surface area contributed by atoms with Crippen LogP contribution in [0, 0.1) is 0 Å². The highest BCUT2D eigenvalue weighted by Crippen LogP contribution is 2.24. The van der Waals surface area contributed by atoms with E-state index in [9.17, 15) is 4.79 Å². The molecule has 1 unspecified atom stereocenters. The number of benzene rings is 1. The average Bonchev–Trinajstić information content (AvgIpc) is 3.16. The Bertz CT molecular complexity index is 691. The number of nitrogens with zero attached hydrogens (tertiary/aromatic N) is 3. The van der Waals surface area contributed by atoms with Crippen LogP contribution in [0.15, 0.2) is 34.9 Å². The first-order chi connectivity index (χ1) is 11.4. The predicted octanol–water partition coefficient (Wildman–Crippen LogP) is 3.68. The second kappa shape index (κ2) is 6.63. The Kier molecular flexibility index (Phi) is 4.55. The molecule has 0 N–H and O–H groups in total. The molecule has 0 radical (unpaired) electrons. The SMILES string of the molecule is CC(C)(C)OC(=O)N1CCCC1Cc1nc(-c2ccccc2)no1. The molecule has 24 heavy (non-hydrogen) atoms. The minimum absolute atomic E-state index is 0.0453. The smallest absolute Gasteiger partial charge is 0.410 e. The molecular formula is C18H23N3O3. The summed E-state index contributed by atoms with van der Waals surface area (Å²) in [5, 5.41) is 4.04. The van der Waals surface area contributed by atoms with Crippen molar-refractivity contribution in [3.8, 4) is 11.4 Å². The maximum Gasteiger partial charge on any atom is 0.410 e. The molecule has 0 bridgehead atoms. The molecule has 6 nitrogen and oxygen atoms in total. The van der Waals surface area contributed by atoms with Crippen LogP contribution in [0.2, 0.25) is 0 Å². The van der Waals surface area contributed by atoms with Crippen LogP contribution in [-0.2, 0) is 11.2 Å². The lowest BCUT2D eigenvalue weighted by Gasteiger charge is -2.28. The number of aromatic nitrogens is 2. The normalized spacial score (nSPS) is 18.0. The van der Waals surface area contributed by atoms with Gasteiger partial charge in [-0.2, -0.15) is 4.98 Å². The summed E-state index contributed by atoms with van der Waals surface area (Å²) in [7, 11) is 0. The van der Waals surface area contributed by atoms with Gasteiger partial charge in [-0.15, -0.1) is 0 Å². The summed E-state index contributed by atoms with van der Waals surface area (Å²) in [6.45, 7) is 6.33. The van der Waals surface area contributed by atoms with Crippen molar-refractivity contribution in [1.82, 2.24) is 15.0 Å². The van der Waals surface area contributed by atoms with Crippen LogP contribution in [0.3, 0.4) is 0 Å². The minimum atomic E-state index is -0.491. The molecule has 0 spiro atoms. The van der Waals surface area contributed by atoms with E-state index in [0.717, 1.165) is 18.4 Å². The van der Waals surface area contributed by atoms with Crippen molar-refractivity contribution in [2.75, 3.05) is 6.54 Å². The fourth-order valence-electron chi connectivity index (χ4n) is 2.85. The van der Waals surface area contributed by atoms with Crippen LogP contribution in [0.1, 0.15) is 39.5 Å². The Morgan fingerprint density at radius 1 is 1.33 bits per heavy atom. The largest absolute Gasteiger partial charge is 0.444 e. The molecule has 2 aromatic rings. The number of carbonyl (C=O) groups is 1. The highest BCUT2D eigenvalue weighted by atomic mass is 16.6. The van der Waals surface area contributed by atoms with Crippen LogP contribution >= 0.6 is 0 Å². The first-order valence-corrected chi connectivity index (χ1v) is 8.30. The van der Waals surface area contributed by atoms with Gasteiger partial charge in [0.1, 0.15) is 5.60 Å². The van der Waals surface area contributed by atoms with E-state index in [1.807, 2.05) is 51.1 Å². The minimum Gasteiger partial charge on any atom is -0.444 e. The summed E-state index contributed by atoms with van der Waals surface area (Å²) in [5.74, 6) is 1.13. The van der Waals surface area contributed by atoms with Crippen molar-refractivity contribution < 1.29 is 14.1 Å². The fraction of sp³-hybridized carbons (Fsp3) is 0.500. The molecule has 6 heteroatoms. The zero-order valence-electron chi connectivity index (χ0n) is 14.4. The highest BCUT2D eigenvalue weighted by Gasteiger charge is 2.33. The first-order valence-electron chi connectivity index (χ1n) is 8.30. The van der Waals surface area contributed by atoms with E-state index in [0.29, 0.717) is 24.7 Å². The Hall–Kier alpha value is -2.37. The third-order valence-electron chi connectivity index (χ3n) is 3.92. The second-order valence-corrected chi connectivity index (χ2v) is 7.05. The lowest BCUT2D eigenvalue weighted by atomic mass is 10.1. The Morgan fingerprint density at radius 2 is 2.08 bits per heavy atom. The Morgan fingerprint density at radius 3 is 2.79 bits per heavy atom. The predicted molar refractivity (Wildman–Crippen MR) is 89.4 cm³/mol. The maximum atomic E-state index is 12.3. The van der Waals surface area contributed by atoms with Crippen LogP contribution in [-0.4, -0.2) is 39.3 Å². The number of ether oxygens (including phenoxy) is 1. The molecular weight excluding hydrogens is 306 g/mol. The summed E-state index contributed by atoms with van der Waals surface area (Å²) in [4.78, 5) is 18.6. The summed E-state index contributed by atoms with van der Waals surface area (Å²) in [5.41, 5.74) is 0.428. The molecule has 1 atom stereocenters. The molecule has 1 aromatic carbocycles. The molecule has 0 aliphatic carbocycles. The topological polar surface area (TPSA) is 68.5 Å². The third-order valence-corrected chi connectivity index (χ3v) is 3.92. The number of likely N-dealkylation sites (tertiary alicyclic amines) is 1. The molecule has 1 fully saturated rings. The van der Waals surface area contributed by atoms with Gasteiger partial charge in [0.2, 0.25) is 11.7 Å². The van der Waals surface area contributed by atoms with Crippen molar-refractivity contribution >= 4 is 6.09 Å². The molecule has 1 aliphatic heterocycles. The van der Waals surface area contributed by atoms with E-state index >= 15 is 0 Å². The lowest BCUT2D eigenvalue weighted by molar-refractivity contribution is 0.0222. The van der Waals surface area contributed by atoms with Gasteiger partial charge < -0.3 is 14.2 Å². The van der Waals surface area contributed by atoms with Crippen molar-refractivity contribution in [3.05, 3.63) is 36.2 Å². The zero-order valence-corrected chi connectivity index (χ0v) is 14.4. The van der Waals surface area contributed by atoms with Crippen molar-refractivity contribution in [3.63, 3.8) is 0 Å². The first kappa shape index (κ1) is 16.5. The van der Waals surface area contributed by atoms with E-state index in [2.05, 4.69) is 10.1 Å². The van der Waals surface area contributed by atoms with Gasteiger partial charge >= 0.3 is 6.09 Å². The van der Waals surface area contributed by atoms with Crippen LogP contribution in [0.5, 0.6) is 0 Å². The third kappa shape index (κ3) is 3.93. The Labute approximate surface area is 141 Å². The van der Waals surface area contributed by atoms with Gasteiger partial charge in [-0.05, 0) is 33.6 Å². The molecule has 1 amide bonds. The number of rotatable bonds is 3. The second-order valence-electron chi connectivity index (χ2n) is 7.05. The standard InChI is InChI=1S/C18H23N3O3/c1-18(2,3)23-17(22)21-11-7-10-14(21)12-15-19-16(20-24-15)13-8-5-4-6-9-13/h4-6,8-9,14H,7,10-12H2,1-3H3. The quantitative estimate of drug-likeness (QED) is 0.859. The van der Waals surface area contributed by atoms with Gasteiger partial charge in [0.25, 0.3) is 0 Å². The molecule has 1 aromatic heterocycles. The van der Waals surface area contributed by atoms with Gasteiger partial charge in [-0.3, -0.25) is 0 Å². The van der Waals surface area contributed by atoms with E-state index in [1.54, 1.807) is 4.90 Å². The summed E-state index contributed by atoms with van der Waals surface area (Å²) in [6, 6.07) is 9.75. The van der Waals surface area contributed by atoms with Gasteiger partial charge in [-0.25, -0.2) is 4.79 Å². The average molecular weight is 329 g/mol. The Balaban J connectivity index is 1.67. The number of amides is 1. The van der Waals surface area contributed by atoms with Crippen LogP contribution in [0.25, 0.3) is 11.4 Å². The number of hydrogen-bond donors (Lipinski definition) is 0. The number of hydrogen-bond acceptors (Lipinski definition) is 5. The van der Waals surface area contributed by atoms with Crippen molar-refractivity contribution in [2.24, 2.45) is 0 Å². The van der Waals surface area contributed by atoms with E-state index < -0.39 is 5.60 Å². The molecule has 3 rings (SSSR count). The molecule has 1 saturated heterocycles. The highest BCUT2D eigenvalue weighted by molar-refractivity contribution is 5.69. The zero-order chi connectivity index (χ0) is 17.2. The monoisotopic (exact) mass is 329 g/mol. The van der Waals surface area contributed by atoms with Crippen LogP contribution < -0.4 is 0 Å². The summed E-state index contributed by atoms with van der Waals surface area (Å²) >= 11 is 0. The van der Waals surface area contributed by atoms with Crippen molar-refractivity contribution in [2.45, 2.75) is 51.7 Å². The van der Waals surface area contributed by atoms with Gasteiger partial charge in [0.05, 0.1) is 0 Å². The molecule has 128 valence electrons. The summed E-state index contributed by atoms with van der Waals surface area (Å²) in [6.07, 6.45) is 2.16.